The molecule has 2 aliphatic carbocycles. The van der Waals surface area contributed by atoms with Crippen LogP contribution < -0.4 is 10.1 Å². The Kier molecular flexibility index (Phi) is 6.89. The summed E-state index contributed by atoms with van der Waals surface area (Å²) < 4.78 is 11.3. The van der Waals surface area contributed by atoms with Gasteiger partial charge in [0.1, 0.15) is 11.8 Å². The molecule has 4 rings (SSSR count). The normalized spacial score (nSPS) is 25.8. The number of nitriles is 1. The van der Waals surface area contributed by atoms with Crippen LogP contribution in [0.1, 0.15) is 69.7 Å². The average Bonchev–Trinajstić information content (AvgIpc) is 3.27. The summed E-state index contributed by atoms with van der Waals surface area (Å²) in [5, 5.41) is 26.6. The predicted molar refractivity (Wildman–Crippen MR) is 117 cm³/mol. The zero-order chi connectivity index (χ0) is 21.8. The van der Waals surface area contributed by atoms with Crippen molar-refractivity contribution in [3.63, 3.8) is 0 Å². The Hall–Kier alpha value is -2.43. The highest BCUT2D eigenvalue weighted by molar-refractivity contribution is 5.60. The zero-order valence-electron chi connectivity index (χ0n) is 18.4. The first-order valence-corrected chi connectivity index (χ1v) is 11.5. The molecule has 2 fully saturated rings. The highest BCUT2D eigenvalue weighted by Crippen LogP contribution is 2.47. The van der Waals surface area contributed by atoms with Gasteiger partial charge in [0.2, 0.25) is 0 Å². The van der Waals surface area contributed by atoms with Crippen LogP contribution in [-0.2, 0) is 0 Å². The fraction of sp³-hybridized carbons (Fsp3) is 0.625. The third-order valence-electron chi connectivity index (χ3n) is 6.69. The van der Waals surface area contributed by atoms with E-state index < -0.39 is 0 Å². The van der Waals surface area contributed by atoms with Crippen LogP contribution in [0.2, 0.25) is 0 Å². The van der Waals surface area contributed by atoms with E-state index in [2.05, 4.69) is 16.5 Å². The zero-order valence-corrected chi connectivity index (χ0v) is 18.4. The Balaban J connectivity index is 1.54. The maximum atomic E-state index is 9.51. The lowest BCUT2D eigenvalue weighted by Gasteiger charge is -2.45. The number of nitrogens with one attached hydrogen (secondary N) is 1. The van der Waals surface area contributed by atoms with Gasteiger partial charge in [-0.25, -0.2) is 0 Å². The lowest BCUT2D eigenvalue weighted by Crippen LogP contribution is -2.46. The number of aromatic nitrogens is 2. The van der Waals surface area contributed by atoms with E-state index in [0.29, 0.717) is 47.5 Å². The number of hydrogen-bond acceptors (Lipinski definition) is 7. The van der Waals surface area contributed by atoms with Crippen LogP contribution in [0.5, 0.6) is 5.75 Å². The summed E-state index contributed by atoms with van der Waals surface area (Å²) in [7, 11) is 0. The number of benzene rings is 1. The van der Waals surface area contributed by atoms with Crippen molar-refractivity contribution in [2.24, 2.45) is 11.8 Å². The van der Waals surface area contributed by atoms with Gasteiger partial charge in [-0.05, 0) is 69.6 Å². The van der Waals surface area contributed by atoms with Crippen molar-refractivity contribution in [2.75, 3.05) is 13.2 Å². The van der Waals surface area contributed by atoms with Crippen LogP contribution in [0.3, 0.4) is 0 Å². The van der Waals surface area contributed by atoms with Crippen LogP contribution >= 0.6 is 0 Å². The lowest BCUT2D eigenvalue weighted by atomic mass is 9.63. The topological polar surface area (TPSA) is 104 Å². The number of nitrogens with zero attached hydrogens (tertiary/aromatic N) is 3. The SMILES string of the molecule is CC(C)Oc1ccc(-c2nc([C@@H]3CCC[C@@H]4[C@H]3CCC[C@H]4NCCO)no2)cc1C#N. The second kappa shape index (κ2) is 9.80. The molecule has 0 unspecified atom stereocenters. The van der Waals surface area contributed by atoms with Crippen LogP contribution in [0.4, 0.5) is 0 Å². The first-order valence-electron chi connectivity index (χ1n) is 11.5. The second-order valence-electron chi connectivity index (χ2n) is 9.03. The quantitative estimate of drug-likeness (QED) is 0.691. The van der Waals surface area contributed by atoms with Crippen molar-refractivity contribution < 1.29 is 14.4 Å². The van der Waals surface area contributed by atoms with Gasteiger partial charge < -0.3 is 19.7 Å². The van der Waals surface area contributed by atoms with Crippen molar-refractivity contribution in [3.05, 3.63) is 29.6 Å². The van der Waals surface area contributed by atoms with Gasteiger partial charge in [0.15, 0.2) is 5.82 Å². The minimum Gasteiger partial charge on any atom is -0.490 e. The summed E-state index contributed by atoms with van der Waals surface area (Å²) in [6.07, 6.45) is 7.01. The molecule has 7 heteroatoms. The van der Waals surface area contributed by atoms with E-state index in [4.69, 9.17) is 14.2 Å². The summed E-state index contributed by atoms with van der Waals surface area (Å²) >= 11 is 0. The Bertz CT molecular complexity index is 920. The van der Waals surface area contributed by atoms with Crippen LogP contribution in [0.15, 0.2) is 22.7 Å². The summed E-state index contributed by atoms with van der Waals surface area (Å²) in [5.74, 6) is 3.25. The molecule has 4 atom stereocenters. The van der Waals surface area contributed by atoms with Gasteiger partial charge in [-0.15, -0.1) is 0 Å². The molecule has 1 aromatic carbocycles. The highest BCUT2D eigenvalue weighted by atomic mass is 16.5. The first-order chi connectivity index (χ1) is 15.1. The molecular weight excluding hydrogens is 392 g/mol. The monoisotopic (exact) mass is 424 g/mol. The van der Waals surface area contributed by atoms with Crippen LogP contribution in [0.25, 0.3) is 11.5 Å². The number of aliphatic hydroxyl groups is 1. The maximum absolute atomic E-state index is 9.51. The molecule has 166 valence electrons. The maximum Gasteiger partial charge on any atom is 0.257 e. The largest absolute Gasteiger partial charge is 0.490 e. The molecule has 0 radical (unpaired) electrons. The van der Waals surface area contributed by atoms with Gasteiger partial charge in [0.25, 0.3) is 5.89 Å². The second-order valence-corrected chi connectivity index (χ2v) is 9.03. The van der Waals surface area contributed by atoms with Gasteiger partial charge in [0, 0.05) is 24.1 Å². The minimum absolute atomic E-state index is 0.00149. The van der Waals surface area contributed by atoms with E-state index in [9.17, 15) is 10.4 Å². The van der Waals surface area contributed by atoms with E-state index in [1.54, 1.807) is 12.1 Å². The summed E-state index contributed by atoms with van der Waals surface area (Å²) in [6.45, 7) is 4.71. The molecule has 2 aromatic rings. The smallest absolute Gasteiger partial charge is 0.257 e. The Labute approximate surface area is 183 Å². The average molecular weight is 425 g/mol. The lowest BCUT2D eigenvalue weighted by molar-refractivity contribution is 0.0979. The number of hydrogen-bond donors (Lipinski definition) is 2. The van der Waals surface area contributed by atoms with Crippen LogP contribution in [0, 0.1) is 23.2 Å². The fourth-order valence-electron chi connectivity index (χ4n) is 5.44. The Morgan fingerprint density at radius 2 is 2.03 bits per heavy atom. The number of ether oxygens (including phenoxy) is 1. The van der Waals surface area contributed by atoms with E-state index in [0.717, 1.165) is 24.2 Å². The van der Waals surface area contributed by atoms with Crippen molar-refractivity contribution in [1.29, 1.82) is 5.26 Å². The number of aliphatic hydroxyl groups excluding tert-OH is 1. The van der Waals surface area contributed by atoms with Crippen molar-refractivity contribution in [3.8, 4) is 23.3 Å². The van der Waals surface area contributed by atoms with Crippen molar-refractivity contribution >= 4 is 0 Å². The summed E-state index contributed by atoms with van der Waals surface area (Å²) in [6, 6.07) is 8.09. The first kappa shape index (κ1) is 21.8. The predicted octanol–water partition coefficient (Wildman–Crippen LogP) is 4.03. The highest BCUT2D eigenvalue weighted by Gasteiger charge is 2.42. The molecule has 0 bridgehead atoms. The van der Waals surface area contributed by atoms with Crippen molar-refractivity contribution in [1.82, 2.24) is 15.5 Å². The molecule has 0 saturated heterocycles. The number of fused-ring (bicyclic) bond motifs is 1. The number of rotatable bonds is 7. The third-order valence-corrected chi connectivity index (χ3v) is 6.69. The van der Waals surface area contributed by atoms with Gasteiger partial charge in [-0.3, -0.25) is 0 Å². The molecule has 0 aliphatic heterocycles. The van der Waals surface area contributed by atoms with E-state index in [-0.39, 0.29) is 12.7 Å². The van der Waals surface area contributed by atoms with E-state index >= 15 is 0 Å². The molecule has 2 saturated carbocycles. The summed E-state index contributed by atoms with van der Waals surface area (Å²) in [5.41, 5.74) is 1.21. The van der Waals surface area contributed by atoms with E-state index in [1.807, 2.05) is 19.9 Å². The van der Waals surface area contributed by atoms with Gasteiger partial charge in [-0.1, -0.05) is 18.0 Å². The summed E-state index contributed by atoms with van der Waals surface area (Å²) in [4.78, 5) is 4.76. The molecule has 7 nitrogen and oxygen atoms in total. The molecule has 0 amide bonds. The van der Waals surface area contributed by atoms with Crippen LogP contribution in [-0.4, -0.2) is 40.5 Å². The third kappa shape index (κ3) is 4.76. The molecule has 0 spiro atoms. The minimum atomic E-state index is -0.00149. The fourth-order valence-corrected chi connectivity index (χ4v) is 5.44. The standard InChI is InChI=1S/C24H32N4O3/c1-15(2)30-22-10-9-16(13-17(22)14-25)24-27-23(28-31-24)20-7-3-6-19-18(20)5-4-8-21(19)26-11-12-29/h9-10,13,15,18-21,26,29H,3-8,11-12H2,1-2H3/t18-,19-,20-,21-/m1/s1. The van der Waals surface area contributed by atoms with E-state index in [1.165, 1.54) is 25.7 Å². The van der Waals surface area contributed by atoms with Crippen molar-refractivity contribution in [2.45, 2.75) is 70.4 Å². The van der Waals surface area contributed by atoms with Gasteiger partial charge in [0.05, 0.1) is 18.3 Å². The molecule has 1 aromatic heterocycles. The molecule has 1 heterocycles. The molecular formula is C24H32N4O3. The molecule has 2 N–H and O–H groups in total. The molecule has 2 aliphatic rings. The van der Waals surface area contributed by atoms with Gasteiger partial charge >= 0.3 is 0 Å². The molecule has 31 heavy (non-hydrogen) atoms. The van der Waals surface area contributed by atoms with Gasteiger partial charge in [-0.2, -0.15) is 10.2 Å². The Morgan fingerprint density at radius 3 is 2.81 bits per heavy atom. The Morgan fingerprint density at radius 1 is 1.23 bits per heavy atom.